The van der Waals surface area contributed by atoms with Gasteiger partial charge in [-0.1, -0.05) is 17.7 Å². The zero-order chi connectivity index (χ0) is 14.8. The molecule has 1 aliphatic carbocycles. The molecule has 1 saturated carbocycles. The maximum absolute atomic E-state index is 12.4. The molecule has 22 heavy (non-hydrogen) atoms. The summed E-state index contributed by atoms with van der Waals surface area (Å²) in [5, 5.41) is 6.39. The predicted octanol–water partition coefficient (Wildman–Crippen LogP) is 3.03. The Kier molecular flexibility index (Phi) is 8.23. The van der Waals surface area contributed by atoms with Gasteiger partial charge >= 0.3 is 0 Å². The smallest absolute Gasteiger partial charge is 0.245 e. The summed E-state index contributed by atoms with van der Waals surface area (Å²) in [6, 6.07) is 8.51. The fourth-order valence-electron chi connectivity index (χ4n) is 2.57. The van der Waals surface area contributed by atoms with Crippen molar-refractivity contribution in [3.05, 3.63) is 29.8 Å². The van der Waals surface area contributed by atoms with Gasteiger partial charge in [0, 0.05) is 17.8 Å². The lowest BCUT2D eigenvalue weighted by atomic mass is 10.0. The second-order valence-electron chi connectivity index (χ2n) is 6.36. The number of nitrogens with two attached hydrogens (primary N) is 1. The van der Waals surface area contributed by atoms with Crippen LogP contribution in [0.2, 0.25) is 0 Å². The van der Waals surface area contributed by atoms with E-state index in [4.69, 9.17) is 5.73 Å². The number of carbonyl (C=O) groups excluding carboxylic acids is 1. The van der Waals surface area contributed by atoms with Gasteiger partial charge in [0.2, 0.25) is 5.91 Å². The van der Waals surface area contributed by atoms with Gasteiger partial charge in [0.25, 0.3) is 0 Å². The van der Waals surface area contributed by atoms with Crippen molar-refractivity contribution < 1.29 is 4.79 Å². The molecule has 0 unspecified atom stereocenters. The molecule has 0 radical (unpaired) electrons. The molecule has 0 bridgehead atoms. The minimum absolute atomic E-state index is 0. The largest absolute Gasteiger partial charge is 0.372 e. The van der Waals surface area contributed by atoms with E-state index in [1.165, 1.54) is 5.56 Å². The van der Waals surface area contributed by atoms with E-state index in [9.17, 15) is 4.79 Å². The van der Waals surface area contributed by atoms with Gasteiger partial charge in [-0.05, 0) is 52.2 Å². The third-order valence-electron chi connectivity index (χ3n) is 3.88. The maximum atomic E-state index is 12.4. The molecule has 2 rings (SSSR count). The molecule has 4 nitrogen and oxygen atoms in total. The van der Waals surface area contributed by atoms with Crippen LogP contribution in [0.5, 0.6) is 0 Å². The first-order valence-electron chi connectivity index (χ1n) is 7.28. The van der Waals surface area contributed by atoms with Crippen LogP contribution in [0.4, 0.5) is 5.69 Å². The minimum atomic E-state index is -0.637. The Hall–Kier alpha value is -0.970. The molecule has 2 atom stereocenters. The second-order valence-corrected chi connectivity index (χ2v) is 6.36. The quantitative estimate of drug-likeness (QED) is 0.784. The molecular formula is C16H27Cl2N3O. The molecule has 0 saturated heterocycles. The maximum Gasteiger partial charge on any atom is 0.245 e. The second kappa shape index (κ2) is 8.61. The van der Waals surface area contributed by atoms with Crippen LogP contribution in [0.1, 0.15) is 38.7 Å². The summed E-state index contributed by atoms with van der Waals surface area (Å²) < 4.78 is 0. The normalized spacial score (nSPS) is 20.5. The molecule has 0 spiro atoms. The van der Waals surface area contributed by atoms with Crippen molar-refractivity contribution in [3.8, 4) is 0 Å². The number of benzene rings is 1. The van der Waals surface area contributed by atoms with Crippen LogP contribution in [0.3, 0.4) is 0 Å². The molecule has 1 fully saturated rings. The Morgan fingerprint density at radius 1 is 1.18 bits per heavy atom. The highest BCUT2D eigenvalue weighted by Gasteiger charge is 2.31. The number of carbonyl (C=O) groups is 1. The Morgan fingerprint density at radius 2 is 1.77 bits per heavy atom. The van der Waals surface area contributed by atoms with Crippen molar-refractivity contribution in [3.63, 3.8) is 0 Å². The van der Waals surface area contributed by atoms with Gasteiger partial charge in [0.1, 0.15) is 5.54 Å². The molecule has 4 N–H and O–H groups in total. The molecular weight excluding hydrogens is 321 g/mol. The van der Waals surface area contributed by atoms with Crippen LogP contribution in [-0.4, -0.2) is 23.5 Å². The lowest BCUT2D eigenvalue weighted by Gasteiger charge is -2.28. The Morgan fingerprint density at radius 3 is 2.27 bits per heavy atom. The monoisotopic (exact) mass is 347 g/mol. The number of halogens is 2. The van der Waals surface area contributed by atoms with Gasteiger partial charge in [-0.3, -0.25) is 4.79 Å². The van der Waals surface area contributed by atoms with E-state index >= 15 is 0 Å². The highest BCUT2D eigenvalue weighted by molar-refractivity contribution is 5.88. The molecule has 1 aromatic rings. The highest BCUT2D eigenvalue weighted by Crippen LogP contribution is 2.20. The number of anilines is 1. The average Bonchev–Trinajstić information content (AvgIpc) is 2.77. The number of hydrogen-bond donors (Lipinski definition) is 3. The molecule has 1 amide bonds. The Balaban J connectivity index is 0.00000220. The van der Waals surface area contributed by atoms with Gasteiger partial charge in [0.15, 0.2) is 0 Å². The predicted molar refractivity (Wildman–Crippen MR) is 97.1 cm³/mol. The number of rotatable bonds is 4. The summed E-state index contributed by atoms with van der Waals surface area (Å²) in [6.45, 7) is 5.85. The minimum Gasteiger partial charge on any atom is -0.372 e. The summed E-state index contributed by atoms with van der Waals surface area (Å²) in [4.78, 5) is 12.4. The average molecular weight is 348 g/mol. The van der Waals surface area contributed by atoms with Crippen LogP contribution >= 0.6 is 24.8 Å². The van der Waals surface area contributed by atoms with Gasteiger partial charge in [-0.2, -0.15) is 0 Å². The van der Waals surface area contributed by atoms with E-state index in [0.29, 0.717) is 0 Å². The summed E-state index contributed by atoms with van der Waals surface area (Å²) in [6.07, 6.45) is 2.86. The summed E-state index contributed by atoms with van der Waals surface area (Å²) in [5.74, 6) is 0.0252. The van der Waals surface area contributed by atoms with E-state index in [1.54, 1.807) is 0 Å². The van der Waals surface area contributed by atoms with Gasteiger partial charge in [-0.25, -0.2) is 0 Å². The summed E-state index contributed by atoms with van der Waals surface area (Å²) in [7, 11) is 0. The lowest BCUT2D eigenvalue weighted by Crippen LogP contribution is -2.50. The number of nitrogens with one attached hydrogen (secondary N) is 2. The Labute approximate surface area is 145 Å². The number of aryl methyl sites for hydroxylation is 1. The molecule has 6 heteroatoms. The van der Waals surface area contributed by atoms with Crippen LogP contribution in [0.25, 0.3) is 0 Å². The highest BCUT2D eigenvalue weighted by atomic mass is 35.5. The van der Waals surface area contributed by atoms with Gasteiger partial charge in [0.05, 0.1) is 0 Å². The van der Waals surface area contributed by atoms with Crippen molar-refractivity contribution in [1.82, 2.24) is 5.32 Å². The Bertz CT molecular complexity index is 477. The number of amides is 1. The van der Waals surface area contributed by atoms with Crippen LogP contribution in [0.15, 0.2) is 24.3 Å². The van der Waals surface area contributed by atoms with Gasteiger partial charge in [-0.15, -0.1) is 24.8 Å². The van der Waals surface area contributed by atoms with E-state index in [1.807, 2.05) is 45.0 Å². The van der Waals surface area contributed by atoms with Crippen molar-refractivity contribution in [2.75, 3.05) is 5.32 Å². The van der Waals surface area contributed by atoms with Crippen LogP contribution < -0.4 is 16.4 Å². The third-order valence-corrected chi connectivity index (χ3v) is 3.88. The van der Waals surface area contributed by atoms with E-state index in [2.05, 4.69) is 10.6 Å². The summed E-state index contributed by atoms with van der Waals surface area (Å²) in [5.41, 5.74) is 7.41. The molecule has 0 heterocycles. The summed E-state index contributed by atoms with van der Waals surface area (Å²) >= 11 is 0. The first-order valence-corrected chi connectivity index (χ1v) is 7.28. The molecule has 0 aliphatic heterocycles. The van der Waals surface area contributed by atoms with Crippen LogP contribution in [0, 0.1) is 6.92 Å². The van der Waals surface area contributed by atoms with Gasteiger partial charge < -0.3 is 16.4 Å². The van der Waals surface area contributed by atoms with Crippen molar-refractivity contribution in [2.45, 2.75) is 57.7 Å². The van der Waals surface area contributed by atoms with Crippen molar-refractivity contribution in [2.24, 2.45) is 5.73 Å². The van der Waals surface area contributed by atoms with Crippen molar-refractivity contribution in [1.29, 1.82) is 0 Å². The zero-order valence-corrected chi connectivity index (χ0v) is 15.0. The molecule has 0 aromatic heterocycles. The fourth-order valence-corrected chi connectivity index (χ4v) is 2.57. The van der Waals surface area contributed by atoms with E-state index in [-0.39, 0.29) is 42.8 Å². The first-order chi connectivity index (χ1) is 9.37. The zero-order valence-electron chi connectivity index (χ0n) is 13.4. The van der Waals surface area contributed by atoms with Crippen LogP contribution in [-0.2, 0) is 4.79 Å². The fraction of sp³-hybridized carbons (Fsp3) is 0.562. The van der Waals surface area contributed by atoms with Crippen molar-refractivity contribution >= 4 is 36.4 Å². The molecule has 1 aliphatic rings. The van der Waals surface area contributed by atoms with E-state index in [0.717, 1.165) is 24.9 Å². The SMILES string of the molecule is Cc1ccc(NC(C)(C)C(=O)N[C@@H]2CC[C@@H](N)C2)cc1.Cl.Cl. The molecule has 1 aromatic carbocycles. The van der Waals surface area contributed by atoms with E-state index < -0.39 is 5.54 Å². The lowest BCUT2D eigenvalue weighted by molar-refractivity contribution is -0.125. The molecule has 126 valence electrons. The number of hydrogen-bond acceptors (Lipinski definition) is 3. The first kappa shape index (κ1) is 21.0. The topological polar surface area (TPSA) is 67.2 Å². The standard InChI is InChI=1S/C16H25N3O.2ClH/c1-11-4-7-13(8-5-11)19-16(2,3)15(20)18-14-9-6-12(17)10-14;;/h4-5,7-8,12,14,19H,6,9-10,17H2,1-3H3,(H,18,20);2*1H/t12-,14-;;/m1../s1. The third kappa shape index (κ3) is 5.67.